The van der Waals surface area contributed by atoms with Crippen molar-refractivity contribution in [3.8, 4) is 0 Å². The molecule has 8 nitrogen and oxygen atoms in total. The van der Waals surface area contributed by atoms with Gasteiger partial charge in [-0.05, 0) is 70.4 Å². The van der Waals surface area contributed by atoms with Gasteiger partial charge in [0.05, 0.1) is 12.7 Å². The number of aromatic carboxylic acids is 1. The van der Waals surface area contributed by atoms with E-state index in [2.05, 4.69) is 23.4 Å². The number of imidazole rings is 1. The number of methoxy groups -OCH3 is 1. The Bertz CT molecular complexity index is 1080. The number of aromatic nitrogens is 2. The average Bonchev–Trinajstić information content (AvgIpc) is 3.19. The number of piperidine rings is 1. The van der Waals surface area contributed by atoms with Crippen LogP contribution in [0, 0.1) is 12.3 Å². The standard InChI is InChI=1S/C26H37N3O5.Na.H/c1-8-9-10-26(6)11-13-28(14-12-26)22-20(21(24(32)33-7)34-25(3,4)5)17(2)15-19-27-18(23(30)31)16-29(19)22;;/h8,15-16,21H,1,9-14H2,2-7H3,(H,30,31);;. The number of aryl methyl sites for hydroxylation is 1. The third-order valence-electron chi connectivity index (χ3n) is 6.56. The number of esters is 1. The molecule has 2 aromatic rings. The monoisotopic (exact) mass is 495 g/mol. The summed E-state index contributed by atoms with van der Waals surface area (Å²) in [6.07, 6.45) is 6.51. The van der Waals surface area contributed by atoms with Gasteiger partial charge in [0.1, 0.15) is 11.5 Å². The molecule has 1 unspecified atom stereocenters. The van der Waals surface area contributed by atoms with Gasteiger partial charge in [0.25, 0.3) is 0 Å². The van der Waals surface area contributed by atoms with Crippen molar-refractivity contribution in [1.82, 2.24) is 9.38 Å². The van der Waals surface area contributed by atoms with Crippen LogP contribution in [-0.4, -0.2) is 81.8 Å². The minimum absolute atomic E-state index is 0. The van der Waals surface area contributed by atoms with Gasteiger partial charge in [0, 0.05) is 24.8 Å². The van der Waals surface area contributed by atoms with Crippen molar-refractivity contribution < 1.29 is 24.2 Å². The molecule has 1 N–H and O–H groups in total. The van der Waals surface area contributed by atoms with Crippen LogP contribution in [0.3, 0.4) is 0 Å². The molecular formula is C26H38N3NaO5. The van der Waals surface area contributed by atoms with Gasteiger partial charge in [-0.1, -0.05) is 13.0 Å². The van der Waals surface area contributed by atoms with Crippen LogP contribution in [0.1, 0.15) is 81.1 Å². The predicted octanol–water partition coefficient (Wildman–Crippen LogP) is 4.29. The molecule has 1 saturated heterocycles. The number of carboxylic acids is 1. The number of carbonyl (C=O) groups is 2. The number of nitrogens with zero attached hydrogens (tertiary/aromatic N) is 3. The fourth-order valence-electron chi connectivity index (χ4n) is 4.64. The van der Waals surface area contributed by atoms with E-state index in [4.69, 9.17) is 9.47 Å². The van der Waals surface area contributed by atoms with Gasteiger partial charge >= 0.3 is 41.5 Å². The molecule has 1 aliphatic rings. The zero-order chi connectivity index (χ0) is 25.3. The summed E-state index contributed by atoms with van der Waals surface area (Å²) in [4.78, 5) is 31.2. The maximum atomic E-state index is 13.0. The van der Waals surface area contributed by atoms with Gasteiger partial charge in [-0.2, -0.15) is 0 Å². The van der Waals surface area contributed by atoms with E-state index in [0.29, 0.717) is 11.2 Å². The number of carboxylic acid groups (broad SMARTS) is 1. The summed E-state index contributed by atoms with van der Waals surface area (Å²) in [6, 6.07) is 1.80. The predicted molar refractivity (Wildman–Crippen MR) is 139 cm³/mol. The fourth-order valence-corrected chi connectivity index (χ4v) is 4.64. The van der Waals surface area contributed by atoms with Crippen LogP contribution in [0.4, 0.5) is 5.82 Å². The summed E-state index contributed by atoms with van der Waals surface area (Å²) >= 11 is 0. The van der Waals surface area contributed by atoms with Crippen LogP contribution in [0.5, 0.6) is 0 Å². The molecular weight excluding hydrogens is 457 g/mol. The van der Waals surface area contributed by atoms with Crippen molar-refractivity contribution in [2.45, 2.75) is 72.0 Å². The summed E-state index contributed by atoms with van der Waals surface area (Å²) in [5.41, 5.74) is 1.55. The number of anilines is 1. The van der Waals surface area contributed by atoms with Crippen LogP contribution in [0.15, 0.2) is 24.9 Å². The van der Waals surface area contributed by atoms with E-state index < -0.39 is 23.6 Å². The number of hydrogen-bond donors (Lipinski definition) is 1. The van der Waals surface area contributed by atoms with E-state index in [9.17, 15) is 14.7 Å². The molecule has 9 heteroatoms. The van der Waals surface area contributed by atoms with Crippen molar-refractivity contribution in [3.63, 3.8) is 0 Å². The Morgan fingerprint density at radius 2 is 1.94 bits per heavy atom. The van der Waals surface area contributed by atoms with E-state index >= 15 is 0 Å². The number of carbonyl (C=O) groups excluding carboxylic acids is 1. The van der Waals surface area contributed by atoms with Gasteiger partial charge < -0.3 is 19.5 Å². The Hall–Kier alpha value is -1.87. The van der Waals surface area contributed by atoms with E-state index in [1.54, 1.807) is 10.5 Å². The van der Waals surface area contributed by atoms with Crippen molar-refractivity contribution in [2.24, 2.45) is 5.41 Å². The Balaban J connectivity index is 0.00000432. The summed E-state index contributed by atoms with van der Waals surface area (Å²) in [5, 5.41) is 9.57. The molecule has 0 aromatic carbocycles. The Morgan fingerprint density at radius 1 is 1.31 bits per heavy atom. The molecule has 188 valence electrons. The second-order valence-corrected chi connectivity index (χ2v) is 10.5. The first-order chi connectivity index (χ1) is 15.9. The third-order valence-corrected chi connectivity index (χ3v) is 6.56. The van der Waals surface area contributed by atoms with Crippen molar-refractivity contribution >= 4 is 53.0 Å². The normalized spacial score (nSPS) is 16.5. The molecule has 35 heavy (non-hydrogen) atoms. The molecule has 0 bridgehead atoms. The Morgan fingerprint density at radius 3 is 2.46 bits per heavy atom. The molecule has 0 spiro atoms. The van der Waals surface area contributed by atoms with Crippen LogP contribution in [-0.2, 0) is 14.3 Å². The fraction of sp³-hybridized carbons (Fsp3) is 0.577. The summed E-state index contributed by atoms with van der Waals surface area (Å²) in [5.74, 6) is -0.856. The summed E-state index contributed by atoms with van der Waals surface area (Å²) in [7, 11) is 1.35. The number of allylic oxidation sites excluding steroid dienone is 1. The van der Waals surface area contributed by atoms with E-state index in [0.717, 1.165) is 50.2 Å². The number of pyridine rings is 1. The first-order valence-electron chi connectivity index (χ1n) is 11.8. The van der Waals surface area contributed by atoms with Crippen molar-refractivity contribution in [1.29, 1.82) is 0 Å². The molecule has 3 rings (SSSR count). The quantitative estimate of drug-likeness (QED) is 0.332. The second kappa shape index (κ2) is 11.5. The zero-order valence-electron chi connectivity index (χ0n) is 21.2. The summed E-state index contributed by atoms with van der Waals surface area (Å²) < 4.78 is 13.1. The van der Waals surface area contributed by atoms with Crippen LogP contribution < -0.4 is 4.90 Å². The molecule has 0 amide bonds. The first-order valence-corrected chi connectivity index (χ1v) is 11.8. The molecule has 0 saturated carbocycles. The molecule has 1 atom stereocenters. The van der Waals surface area contributed by atoms with Crippen molar-refractivity contribution in [2.75, 3.05) is 25.1 Å². The SMILES string of the molecule is C=CCCC1(C)CCN(c2c(C(OC(C)(C)C)C(=O)OC)c(C)cc3nc(C(=O)O)cn23)CC1.[NaH]. The second-order valence-electron chi connectivity index (χ2n) is 10.5. The van der Waals surface area contributed by atoms with Crippen molar-refractivity contribution in [3.05, 3.63) is 41.7 Å². The zero-order valence-corrected chi connectivity index (χ0v) is 21.2. The Kier molecular flexibility index (Phi) is 9.61. The van der Waals surface area contributed by atoms with E-state index in [-0.39, 0.29) is 40.7 Å². The number of rotatable bonds is 8. The molecule has 1 aliphatic heterocycles. The first kappa shape index (κ1) is 29.4. The van der Waals surface area contributed by atoms with Gasteiger partial charge in [0.15, 0.2) is 11.8 Å². The molecule has 0 radical (unpaired) electrons. The molecule has 0 aliphatic carbocycles. The van der Waals surface area contributed by atoms with Crippen LogP contribution in [0.25, 0.3) is 5.65 Å². The van der Waals surface area contributed by atoms with Gasteiger partial charge in [-0.3, -0.25) is 4.40 Å². The number of ether oxygens (including phenoxy) is 2. The minimum atomic E-state index is -1.10. The Labute approximate surface area is 230 Å². The molecule has 1 fully saturated rings. The topological polar surface area (TPSA) is 93.4 Å². The average molecular weight is 496 g/mol. The number of hydrogen-bond acceptors (Lipinski definition) is 6. The van der Waals surface area contributed by atoms with E-state index in [1.165, 1.54) is 13.3 Å². The van der Waals surface area contributed by atoms with Crippen LogP contribution in [0.2, 0.25) is 0 Å². The van der Waals surface area contributed by atoms with Crippen LogP contribution >= 0.6 is 0 Å². The van der Waals surface area contributed by atoms with Gasteiger partial charge in [-0.15, -0.1) is 6.58 Å². The van der Waals surface area contributed by atoms with Gasteiger partial charge in [-0.25, -0.2) is 14.6 Å². The maximum absolute atomic E-state index is 13.0. The summed E-state index contributed by atoms with van der Waals surface area (Å²) in [6.45, 7) is 15.3. The molecule has 2 aromatic heterocycles. The van der Waals surface area contributed by atoms with E-state index in [1.807, 2.05) is 33.8 Å². The number of fused-ring (bicyclic) bond motifs is 1. The molecule has 3 heterocycles. The van der Waals surface area contributed by atoms with Gasteiger partial charge in [0.2, 0.25) is 0 Å². The third kappa shape index (κ3) is 6.67.